The quantitative estimate of drug-likeness (QED) is 0.689. The Hall–Kier alpha value is -1.36. The van der Waals surface area contributed by atoms with Gasteiger partial charge >= 0.3 is 0 Å². The molecule has 0 aliphatic heterocycles. The fourth-order valence-corrected chi connectivity index (χ4v) is 1.32. The highest BCUT2D eigenvalue weighted by atomic mass is 16.1. The largest absolute Gasteiger partial charge is 0.355 e. The zero-order valence-electron chi connectivity index (χ0n) is 9.07. The summed E-state index contributed by atoms with van der Waals surface area (Å²) in [5, 5.41) is 2.82. The second-order valence-electron chi connectivity index (χ2n) is 3.40. The maximum atomic E-state index is 11.4. The van der Waals surface area contributed by atoms with Gasteiger partial charge in [0.05, 0.1) is 6.33 Å². The zero-order chi connectivity index (χ0) is 11.1. The number of carbonyl (C=O) groups excluding carboxylic acids is 1. The molecule has 1 aromatic rings. The van der Waals surface area contributed by atoms with E-state index in [-0.39, 0.29) is 5.91 Å². The van der Waals surface area contributed by atoms with Crippen LogP contribution in [0.25, 0.3) is 0 Å². The van der Waals surface area contributed by atoms with Crippen molar-refractivity contribution in [1.82, 2.24) is 14.9 Å². The van der Waals surface area contributed by atoms with Gasteiger partial charge in [-0.05, 0) is 13.0 Å². The molecular weight excluding hydrogens is 192 g/mol. The van der Waals surface area contributed by atoms with Crippen LogP contribution in [0.3, 0.4) is 0 Å². The van der Waals surface area contributed by atoms with Crippen LogP contribution in [-0.4, -0.2) is 28.5 Å². The summed E-state index contributed by atoms with van der Waals surface area (Å²) in [4.78, 5) is 15.4. The molecule has 1 heterocycles. The molecule has 0 aromatic carbocycles. The number of imidazole rings is 1. The van der Waals surface area contributed by atoms with Crippen molar-refractivity contribution in [2.45, 2.75) is 26.3 Å². The van der Waals surface area contributed by atoms with Gasteiger partial charge < -0.3 is 15.6 Å². The Balaban J connectivity index is 2.48. The molecule has 5 heteroatoms. The molecule has 0 aliphatic carbocycles. The smallest absolute Gasteiger partial charge is 0.239 e. The predicted octanol–water partition coefficient (Wildman–Crippen LogP) is -0.0895. The fourth-order valence-electron chi connectivity index (χ4n) is 1.32. The van der Waals surface area contributed by atoms with Gasteiger partial charge in [-0.1, -0.05) is 6.92 Å². The summed E-state index contributed by atoms with van der Waals surface area (Å²) in [5.74, 6) is 0.0214. The summed E-state index contributed by atoms with van der Waals surface area (Å²) < 4.78 is 1.83. The first-order valence-corrected chi connectivity index (χ1v) is 5.23. The molecular formula is C10H18N4O. The molecule has 3 N–H and O–H groups in total. The standard InChI is InChI=1S/C10H18N4O/c1-2-5-13-10(15)7-14-8-12-6-9(14)3-4-11/h6,8H,2-5,7,11H2,1H3,(H,13,15). The minimum atomic E-state index is 0.0214. The second kappa shape index (κ2) is 6.19. The Bertz CT molecular complexity index is 308. The molecule has 0 unspecified atom stereocenters. The van der Waals surface area contributed by atoms with Crippen LogP contribution in [-0.2, 0) is 17.8 Å². The number of hydrogen-bond acceptors (Lipinski definition) is 3. The van der Waals surface area contributed by atoms with Crippen molar-refractivity contribution in [3.05, 3.63) is 18.2 Å². The molecule has 0 atom stereocenters. The van der Waals surface area contributed by atoms with Crippen LogP contribution in [0.1, 0.15) is 19.0 Å². The number of rotatable bonds is 6. The van der Waals surface area contributed by atoms with E-state index in [9.17, 15) is 4.79 Å². The fraction of sp³-hybridized carbons (Fsp3) is 0.600. The van der Waals surface area contributed by atoms with Crippen molar-refractivity contribution in [3.8, 4) is 0 Å². The molecule has 0 fully saturated rings. The van der Waals surface area contributed by atoms with E-state index in [2.05, 4.69) is 10.3 Å². The normalized spacial score (nSPS) is 10.3. The SMILES string of the molecule is CCCNC(=O)Cn1cncc1CCN. The highest BCUT2D eigenvalue weighted by molar-refractivity contribution is 5.75. The molecule has 0 bridgehead atoms. The number of hydrogen-bond donors (Lipinski definition) is 2. The first kappa shape index (κ1) is 11.7. The van der Waals surface area contributed by atoms with E-state index in [1.165, 1.54) is 0 Å². The van der Waals surface area contributed by atoms with Crippen LogP contribution < -0.4 is 11.1 Å². The van der Waals surface area contributed by atoms with E-state index < -0.39 is 0 Å². The van der Waals surface area contributed by atoms with Crippen molar-refractivity contribution in [3.63, 3.8) is 0 Å². The monoisotopic (exact) mass is 210 g/mol. The maximum absolute atomic E-state index is 11.4. The summed E-state index contributed by atoms with van der Waals surface area (Å²) in [5.41, 5.74) is 6.46. The summed E-state index contributed by atoms with van der Waals surface area (Å²) in [6, 6.07) is 0. The Kier molecular flexibility index (Phi) is 4.83. The van der Waals surface area contributed by atoms with Crippen LogP contribution in [0.4, 0.5) is 0 Å². The van der Waals surface area contributed by atoms with Gasteiger partial charge in [-0.3, -0.25) is 4.79 Å². The van der Waals surface area contributed by atoms with Crippen molar-refractivity contribution in [2.24, 2.45) is 5.73 Å². The topological polar surface area (TPSA) is 72.9 Å². The Morgan fingerprint density at radius 1 is 1.67 bits per heavy atom. The summed E-state index contributed by atoms with van der Waals surface area (Å²) in [7, 11) is 0. The van der Waals surface area contributed by atoms with Crippen molar-refractivity contribution in [1.29, 1.82) is 0 Å². The zero-order valence-corrected chi connectivity index (χ0v) is 9.07. The molecule has 0 saturated carbocycles. The highest BCUT2D eigenvalue weighted by Crippen LogP contribution is 1.99. The number of amides is 1. The summed E-state index contributed by atoms with van der Waals surface area (Å²) in [6.45, 7) is 3.65. The van der Waals surface area contributed by atoms with E-state index >= 15 is 0 Å². The van der Waals surface area contributed by atoms with Crippen LogP contribution in [0.15, 0.2) is 12.5 Å². The van der Waals surface area contributed by atoms with E-state index in [1.807, 2.05) is 11.5 Å². The summed E-state index contributed by atoms with van der Waals surface area (Å²) >= 11 is 0. The minimum absolute atomic E-state index is 0.0214. The van der Waals surface area contributed by atoms with Crippen molar-refractivity contribution in [2.75, 3.05) is 13.1 Å². The molecule has 0 saturated heterocycles. The first-order chi connectivity index (χ1) is 7.27. The van der Waals surface area contributed by atoms with Gasteiger partial charge in [0, 0.05) is 24.9 Å². The molecule has 5 nitrogen and oxygen atoms in total. The Labute approximate surface area is 89.7 Å². The highest BCUT2D eigenvalue weighted by Gasteiger charge is 2.05. The van der Waals surface area contributed by atoms with Gasteiger partial charge in [0.25, 0.3) is 0 Å². The molecule has 0 aliphatic rings. The van der Waals surface area contributed by atoms with Gasteiger partial charge in [0.1, 0.15) is 6.54 Å². The third kappa shape index (κ3) is 3.71. The van der Waals surface area contributed by atoms with E-state index in [1.54, 1.807) is 12.5 Å². The van der Waals surface area contributed by atoms with E-state index in [0.717, 1.165) is 25.1 Å². The van der Waals surface area contributed by atoms with Crippen LogP contribution in [0.2, 0.25) is 0 Å². The van der Waals surface area contributed by atoms with Gasteiger partial charge in [-0.25, -0.2) is 4.98 Å². The lowest BCUT2D eigenvalue weighted by Crippen LogP contribution is -2.28. The van der Waals surface area contributed by atoms with Gasteiger partial charge in [0.2, 0.25) is 5.91 Å². The number of aromatic nitrogens is 2. The van der Waals surface area contributed by atoms with Gasteiger partial charge in [-0.2, -0.15) is 0 Å². The van der Waals surface area contributed by atoms with Gasteiger partial charge in [-0.15, -0.1) is 0 Å². The Morgan fingerprint density at radius 3 is 3.13 bits per heavy atom. The second-order valence-corrected chi connectivity index (χ2v) is 3.40. The average Bonchev–Trinajstić information content (AvgIpc) is 2.63. The first-order valence-electron chi connectivity index (χ1n) is 5.23. The molecule has 1 aromatic heterocycles. The minimum Gasteiger partial charge on any atom is -0.355 e. The third-order valence-corrected chi connectivity index (χ3v) is 2.09. The van der Waals surface area contributed by atoms with E-state index in [0.29, 0.717) is 13.1 Å². The molecule has 0 spiro atoms. The van der Waals surface area contributed by atoms with Crippen LogP contribution in [0.5, 0.6) is 0 Å². The lowest BCUT2D eigenvalue weighted by Gasteiger charge is -2.07. The van der Waals surface area contributed by atoms with Crippen LogP contribution in [0, 0.1) is 0 Å². The molecule has 1 rings (SSSR count). The molecule has 84 valence electrons. The number of nitrogens with two attached hydrogens (primary N) is 1. The summed E-state index contributed by atoms with van der Waals surface area (Å²) in [6.07, 6.45) is 5.11. The predicted molar refractivity (Wildman–Crippen MR) is 58.3 cm³/mol. The van der Waals surface area contributed by atoms with Crippen LogP contribution >= 0.6 is 0 Å². The molecule has 1 amide bonds. The molecule has 15 heavy (non-hydrogen) atoms. The van der Waals surface area contributed by atoms with Crippen molar-refractivity contribution >= 4 is 5.91 Å². The van der Waals surface area contributed by atoms with E-state index in [4.69, 9.17) is 5.73 Å². The molecule has 0 radical (unpaired) electrons. The third-order valence-electron chi connectivity index (χ3n) is 2.09. The number of nitrogens with one attached hydrogen (secondary N) is 1. The van der Waals surface area contributed by atoms with Crippen molar-refractivity contribution < 1.29 is 4.79 Å². The maximum Gasteiger partial charge on any atom is 0.239 e. The average molecular weight is 210 g/mol. The number of nitrogens with zero attached hydrogens (tertiary/aromatic N) is 2. The number of carbonyl (C=O) groups is 1. The Morgan fingerprint density at radius 2 is 2.47 bits per heavy atom. The lowest BCUT2D eigenvalue weighted by molar-refractivity contribution is -0.121. The lowest BCUT2D eigenvalue weighted by atomic mass is 10.3. The van der Waals surface area contributed by atoms with Gasteiger partial charge in [0.15, 0.2) is 0 Å².